The summed E-state index contributed by atoms with van der Waals surface area (Å²) in [6.07, 6.45) is 7.94. The summed E-state index contributed by atoms with van der Waals surface area (Å²) in [5.41, 5.74) is 4.95. The van der Waals surface area contributed by atoms with Crippen LogP contribution in [0.4, 0.5) is 11.8 Å². The number of nitrogen functional groups attached to an aromatic ring is 1. The fourth-order valence-corrected chi connectivity index (χ4v) is 2.26. The molecule has 0 bridgehead atoms. The Balaban J connectivity index is 1.92. The fraction of sp³-hybridized carbons (Fsp3) is 0.667. The molecule has 94 valence electrons. The van der Waals surface area contributed by atoms with Gasteiger partial charge in [0.1, 0.15) is 5.82 Å². The molecule has 0 aromatic carbocycles. The smallest absolute Gasteiger partial charge is 0.224 e. The van der Waals surface area contributed by atoms with Crippen molar-refractivity contribution in [2.45, 2.75) is 44.1 Å². The predicted octanol–water partition coefficient (Wildman–Crippen LogP) is 1.56. The summed E-state index contributed by atoms with van der Waals surface area (Å²) in [6.45, 7) is 0.496. The van der Waals surface area contributed by atoms with Crippen molar-refractivity contribution < 1.29 is 5.11 Å². The third kappa shape index (κ3) is 3.56. The molecular formula is C12H20N4O. The summed E-state index contributed by atoms with van der Waals surface area (Å²) in [6, 6.07) is 1.64. The van der Waals surface area contributed by atoms with Crippen LogP contribution in [0.15, 0.2) is 12.3 Å². The van der Waals surface area contributed by atoms with E-state index in [1.807, 2.05) is 0 Å². The minimum Gasteiger partial charge on any atom is -0.388 e. The summed E-state index contributed by atoms with van der Waals surface area (Å²) in [5, 5.41) is 13.5. The first kappa shape index (κ1) is 12.1. The zero-order chi connectivity index (χ0) is 12.1. The lowest BCUT2D eigenvalue weighted by molar-refractivity contribution is 0.0380. The molecule has 1 saturated carbocycles. The molecule has 4 N–H and O–H groups in total. The van der Waals surface area contributed by atoms with Crippen LogP contribution in [-0.2, 0) is 0 Å². The highest BCUT2D eigenvalue weighted by atomic mass is 16.3. The van der Waals surface area contributed by atoms with Gasteiger partial charge in [0.25, 0.3) is 0 Å². The SMILES string of the molecule is Nc1ccnc(NCC2(O)CCCCCC2)n1. The second-order valence-corrected chi connectivity index (χ2v) is 4.80. The molecule has 1 aromatic heterocycles. The zero-order valence-electron chi connectivity index (χ0n) is 10.0. The normalized spacial score (nSPS) is 19.6. The number of hydrogen-bond donors (Lipinski definition) is 3. The van der Waals surface area contributed by atoms with E-state index in [0.29, 0.717) is 18.3 Å². The fourth-order valence-electron chi connectivity index (χ4n) is 2.26. The first-order valence-electron chi connectivity index (χ1n) is 6.23. The van der Waals surface area contributed by atoms with Gasteiger partial charge in [0.2, 0.25) is 5.95 Å². The maximum absolute atomic E-state index is 10.4. The van der Waals surface area contributed by atoms with Crippen molar-refractivity contribution in [1.82, 2.24) is 9.97 Å². The molecule has 0 unspecified atom stereocenters. The van der Waals surface area contributed by atoms with E-state index in [1.165, 1.54) is 12.8 Å². The lowest BCUT2D eigenvalue weighted by atomic mass is 9.95. The molecule has 1 aromatic rings. The van der Waals surface area contributed by atoms with E-state index in [2.05, 4.69) is 15.3 Å². The van der Waals surface area contributed by atoms with E-state index in [9.17, 15) is 5.11 Å². The average molecular weight is 236 g/mol. The number of anilines is 2. The maximum atomic E-state index is 10.4. The van der Waals surface area contributed by atoms with E-state index in [4.69, 9.17) is 5.73 Å². The lowest BCUT2D eigenvalue weighted by Crippen LogP contribution is -2.36. The number of nitrogens with one attached hydrogen (secondary N) is 1. The Hall–Kier alpha value is -1.36. The Morgan fingerprint density at radius 1 is 1.29 bits per heavy atom. The van der Waals surface area contributed by atoms with Crippen LogP contribution in [0.1, 0.15) is 38.5 Å². The highest BCUT2D eigenvalue weighted by Gasteiger charge is 2.27. The van der Waals surface area contributed by atoms with E-state index in [1.54, 1.807) is 12.3 Å². The third-order valence-corrected chi connectivity index (χ3v) is 3.29. The van der Waals surface area contributed by atoms with Gasteiger partial charge < -0.3 is 16.2 Å². The largest absolute Gasteiger partial charge is 0.388 e. The topological polar surface area (TPSA) is 84.1 Å². The molecule has 0 amide bonds. The Morgan fingerprint density at radius 3 is 2.65 bits per heavy atom. The zero-order valence-corrected chi connectivity index (χ0v) is 10.0. The van der Waals surface area contributed by atoms with Gasteiger partial charge in [0.05, 0.1) is 5.60 Å². The van der Waals surface area contributed by atoms with Crippen molar-refractivity contribution in [3.63, 3.8) is 0 Å². The number of aromatic nitrogens is 2. The molecule has 17 heavy (non-hydrogen) atoms. The maximum Gasteiger partial charge on any atom is 0.224 e. The van der Waals surface area contributed by atoms with Crippen LogP contribution < -0.4 is 11.1 Å². The van der Waals surface area contributed by atoms with Gasteiger partial charge in [-0.05, 0) is 18.9 Å². The summed E-state index contributed by atoms with van der Waals surface area (Å²) >= 11 is 0. The van der Waals surface area contributed by atoms with Gasteiger partial charge in [-0.1, -0.05) is 25.7 Å². The monoisotopic (exact) mass is 236 g/mol. The quantitative estimate of drug-likeness (QED) is 0.693. The first-order chi connectivity index (χ1) is 8.18. The Morgan fingerprint density at radius 2 is 2.00 bits per heavy atom. The highest BCUT2D eigenvalue weighted by molar-refractivity contribution is 5.35. The summed E-state index contributed by atoms with van der Waals surface area (Å²) in [5.74, 6) is 0.929. The van der Waals surface area contributed by atoms with Crippen LogP contribution in [0.3, 0.4) is 0 Å². The van der Waals surface area contributed by atoms with Crippen LogP contribution in [0, 0.1) is 0 Å². The van der Waals surface area contributed by atoms with Crippen molar-refractivity contribution >= 4 is 11.8 Å². The van der Waals surface area contributed by atoms with Gasteiger partial charge in [0.15, 0.2) is 0 Å². The second kappa shape index (κ2) is 5.31. The van der Waals surface area contributed by atoms with Gasteiger partial charge in [-0.3, -0.25) is 0 Å². The molecule has 1 aliphatic carbocycles. The molecule has 0 aliphatic heterocycles. The molecular weight excluding hydrogens is 216 g/mol. The first-order valence-corrected chi connectivity index (χ1v) is 6.23. The van der Waals surface area contributed by atoms with Crippen LogP contribution >= 0.6 is 0 Å². The highest BCUT2D eigenvalue weighted by Crippen LogP contribution is 2.26. The van der Waals surface area contributed by atoms with Crippen LogP contribution in [0.25, 0.3) is 0 Å². The van der Waals surface area contributed by atoms with E-state index in [0.717, 1.165) is 25.7 Å². The van der Waals surface area contributed by atoms with Gasteiger partial charge >= 0.3 is 0 Å². The van der Waals surface area contributed by atoms with E-state index < -0.39 is 5.60 Å². The van der Waals surface area contributed by atoms with E-state index in [-0.39, 0.29) is 0 Å². The molecule has 0 spiro atoms. The number of rotatable bonds is 3. The number of aliphatic hydroxyl groups is 1. The minimum absolute atomic E-state index is 0.440. The summed E-state index contributed by atoms with van der Waals surface area (Å²) in [4.78, 5) is 8.12. The number of nitrogens with zero attached hydrogens (tertiary/aromatic N) is 2. The molecule has 5 nitrogen and oxygen atoms in total. The molecule has 2 rings (SSSR count). The summed E-state index contributed by atoms with van der Waals surface area (Å²) in [7, 11) is 0. The number of nitrogens with two attached hydrogens (primary N) is 1. The van der Waals surface area contributed by atoms with Crippen molar-refractivity contribution in [2.75, 3.05) is 17.6 Å². The van der Waals surface area contributed by atoms with Gasteiger partial charge in [-0.2, -0.15) is 4.98 Å². The minimum atomic E-state index is -0.621. The van der Waals surface area contributed by atoms with Gasteiger partial charge in [-0.15, -0.1) is 0 Å². The van der Waals surface area contributed by atoms with Crippen molar-refractivity contribution in [2.24, 2.45) is 0 Å². The molecule has 0 atom stereocenters. The summed E-state index contributed by atoms with van der Waals surface area (Å²) < 4.78 is 0. The van der Waals surface area contributed by atoms with Crippen molar-refractivity contribution in [1.29, 1.82) is 0 Å². The van der Waals surface area contributed by atoms with Crippen LogP contribution in [0.2, 0.25) is 0 Å². The van der Waals surface area contributed by atoms with Crippen molar-refractivity contribution in [3.8, 4) is 0 Å². The van der Waals surface area contributed by atoms with Gasteiger partial charge in [-0.25, -0.2) is 4.98 Å². The van der Waals surface area contributed by atoms with Crippen molar-refractivity contribution in [3.05, 3.63) is 12.3 Å². The molecule has 1 aliphatic rings. The second-order valence-electron chi connectivity index (χ2n) is 4.80. The lowest BCUT2D eigenvalue weighted by Gasteiger charge is -2.26. The predicted molar refractivity (Wildman–Crippen MR) is 67.6 cm³/mol. The Bertz CT molecular complexity index is 361. The molecule has 0 radical (unpaired) electrons. The molecule has 1 fully saturated rings. The Kier molecular flexibility index (Phi) is 3.78. The third-order valence-electron chi connectivity index (χ3n) is 3.29. The number of hydrogen-bond acceptors (Lipinski definition) is 5. The average Bonchev–Trinajstić information content (AvgIpc) is 2.53. The Labute approximate surface area is 101 Å². The van der Waals surface area contributed by atoms with Gasteiger partial charge in [0, 0.05) is 12.7 Å². The molecule has 0 saturated heterocycles. The van der Waals surface area contributed by atoms with E-state index >= 15 is 0 Å². The standard InChI is InChI=1S/C12H20N4O/c13-10-5-8-14-11(16-10)15-9-12(17)6-3-1-2-4-7-12/h5,8,17H,1-4,6-7,9H2,(H3,13,14,15,16). The van der Waals surface area contributed by atoms with Crippen LogP contribution in [-0.4, -0.2) is 27.2 Å². The van der Waals surface area contributed by atoms with Crippen LogP contribution in [0.5, 0.6) is 0 Å². The molecule has 1 heterocycles. The molecule has 5 heteroatoms.